The van der Waals surface area contributed by atoms with Crippen LogP contribution in [0, 0.1) is 6.92 Å². The van der Waals surface area contributed by atoms with Crippen LogP contribution in [0.5, 0.6) is 0 Å². The Labute approximate surface area is 162 Å². The van der Waals surface area contributed by atoms with Gasteiger partial charge in [0.15, 0.2) is 5.65 Å². The number of hydrogen-bond acceptors (Lipinski definition) is 2. The Bertz CT molecular complexity index is 1360. The second-order valence-electron chi connectivity index (χ2n) is 7.05. The van der Waals surface area contributed by atoms with Crippen LogP contribution in [0.3, 0.4) is 0 Å². The highest BCUT2D eigenvalue weighted by Gasteiger charge is 2.16. The summed E-state index contributed by atoms with van der Waals surface area (Å²) in [5, 5.41) is 5.51. The first-order valence-corrected chi connectivity index (χ1v) is 9.34. The average molecular weight is 365 g/mol. The zero-order valence-electron chi connectivity index (χ0n) is 15.5. The minimum absolute atomic E-state index is 0.0921. The molecule has 3 aromatic carbocycles. The maximum absolute atomic E-state index is 12.7. The van der Waals surface area contributed by atoms with Gasteiger partial charge in [-0.3, -0.25) is 9.89 Å². The lowest BCUT2D eigenvalue weighted by Gasteiger charge is -2.07. The molecule has 1 N–H and O–H groups in total. The molecule has 0 aliphatic carbocycles. The molecular weight excluding hydrogens is 346 g/mol. The Morgan fingerprint density at radius 2 is 1.68 bits per heavy atom. The highest BCUT2D eigenvalue weighted by Crippen LogP contribution is 2.32. The first-order chi connectivity index (χ1) is 13.7. The van der Waals surface area contributed by atoms with Crippen molar-refractivity contribution in [2.24, 2.45) is 0 Å². The molecule has 0 atom stereocenters. The second kappa shape index (κ2) is 6.50. The topological polar surface area (TPSA) is 50.2 Å². The summed E-state index contributed by atoms with van der Waals surface area (Å²) in [6.07, 6.45) is 0.631. The predicted molar refractivity (Wildman–Crippen MR) is 113 cm³/mol. The van der Waals surface area contributed by atoms with Crippen LogP contribution in [0.4, 0.5) is 0 Å². The third-order valence-electron chi connectivity index (χ3n) is 5.14. The molecule has 28 heavy (non-hydrogen) atoms. The molecule has 4 heteroatoms. The molecule has 0 amide bonds. The standard InChI is InChI=1S/C24H19N3O/c1-16-23(21-13-7-11-18-10-5-6-12-20(18)21)24-25-19(15-22(28)27(24)26-16)14-17-8-3-2-4-9-17/h2-13,15,26H,14H2,1H3. The van der Waals surface area contributed by atoms with Gasteiger partial charge in [-0.1, -0.05) is 72.8 Å². The summed E-state index contributed by atoms with van der Waals surface area (Å²) < 4.78 is 1.54. The largest absolute Gasteiger partial charge is 0.293 e. The van der Waals surface area contributed by atoms with E-state index in [0.29, 0.717) is 12.1 Å². The van der Waals surface area contributed by atoms with Gasteiger partial charge in [0.05, 0.1) is 5.69 Å². The molecule has 0 saturated heterocycles. The van der Waals surface area contributed by atoms with Gasteiger partial charge in [0, 0.05) is 23.7 Å². The Morgan fingerprint density at radius 3 is 2.54 bits per heavy atom. The number of H-pyrrole nitrogens is 1. The van der Waals surface area contributed by atoms with Gasteiger partial charge < -0.3 is 0 Å². The second-order valence-corrected chi connectivity index (χ2v) is 7.05. The SMILES string of the molecule is Cc1[nH]n2c(=O)cc(Cc3ccccc3)nc2c1-c1cccc2ccccc12. The maximum atomic E-state index is 12.7. The molecular formula is C24H19N3O. The third-order valence-corrected chi connectivity index (χ3v) is 5.14. The Balaban J connectivity index is 1.75. The van der Waals surface area contributed by atoms with Crippen molar-refractivity contribution in [3.8, 4) is 11.1 Å². The van der Waals surface area contributed by atoms with E-state index in [1.807, 2.05) is 43.3 Å². The summed E-state index contributed by atoms with van der Waals surface area (Å²) in [4.78, 5) is 17.6. The molecule has 4 nitrogen and oxygen atoms in total. The minimum Gasteiger partial charge on any atom is -0.293 e. The molecule has 0 saturated carbocycles. The number of aromatic nitrogens is 3. The van der Waals surface area contributed by atoms with E-state index in [1.54, 1.807) is 10.6 Å². The van der Waals surface area contributed by atoms with Gasteiger partial charge in [0.2, 0.25) is 0 Å². The van der Waals surface area contributed by atoms with Crippen molar-refractivity contribution in [1.29, 1.82) is 0 Å². The summed E-state index contributed by atoms with van der Waals surface area (Å²) in [5.74, 6) is 0. The van der Waals surface area contributed by atoms with Gasteiger partial charge >= 0.3 is 0 Å². The van der Waals surface area contributed by atoms with Crippen molar-refractivity contribution >= 4 is 16.4 Å². The van der Waals surface area contributed by atoms with Crippen LogP contribution in [-0.4, -0.2) is 14.6 Å². The monoisotopic (exact) mass is 365 g/mol. The first kappa shape index (κ1) is 16.5. The minimum atomic E-state index is -0.0921. The van der Waals surface area contributed by atoms with Gasteiger partial charge in [-0.15, -0.1) is 0 Å². The number of fused-ring (bicyclic) bond motifs is 2. The molecule has 5 rings (SSSR count). The number of nitrogens with one attached hydrogen (secondary N) is 1. The van der Waals surface area contributed by atoms with Crippen LogP contribution < -0.4 is 5.56 Å². The summed E-state index contributed by atoms with van der Waals surface area (Å²) in [6.45, 7) is 1.99. The lowest BCUT2D eigenvalue weighted by molar-refractivity contribution is 0.866. The average Bonchev–Trinajstić information content (AvgIpc) is 3.05. The number of aryl methyl sites for hydroxylation is 1. The number of hydrogen-bond donors (Lipinski definition) is 1. The van der Waals surface area contributed by atoms with E-state index in [-0.39, 0.29) is 5.56 Å². The smallest absolute Gasteiger partial charge is 0.272 e. The molecule has 2 heterocycles. The van der Waals surface area contributed by atoms with Crippen molar-refractivity contribution in [2.75, 3.05) is 0 Å². The van der Waals surface area contributed by atoms with Gasteiger partial charge in [0.1, 0.15) is 0 Å². The molecule has 136 valence electrons. The normalized spacial score (nSPS) is 11.3. The fourth-order valence-corrected chi connectivity index (χ4v) is 3.86. The van der Waals surface area contributed by atoms with Gasteiger partial charge in [0.25, 0.3) is 5.56 Å². The van der Waals surface area contributed by atoms with Crippen LogP contribution in [-0.2, 0) is 6.42 Å². The highest BCUT2D eigenvalue weighted by atomic mass is 16.1. The molecule has 0 aliphatic rings. The molecule has 0 bridgehead atoms. The first-order valence-electron chi connectivity index (χ1n) is 9.34. The molecule has 0 spiro atoms. The van der Waals surface area contributed by atoms with Gasteiger partial charge in [-0.2, -0.15) is 0 Å². The van der Waals surface area contributed by atoms with Crippen molar-refractivity contribution in [1.82, 2.24) is 14.6 Å². The van der Waals surface area contributed by atoms with Crippen LogP contribution in [0.2, 0.25) is 0 Å². The Morgan fingerprint density at radius 1 is 0.929 bits per heavy atom. The van der Waals surface area contributed by atoms with E-state index in [2.05, 4.69) is 41.5 Å². The summed E-state index contributed by atoms with van der Waals surface area (Å²) in [6, 6.07) is 26.2. The van der Waals surface area contributed by atoms with Gasteiger partial charge in [-0.25, -0.2) is 9.50 Å². The third kappa shape index (κ3) is 2.70. The van der Waals surface area contributed by atoms with E-state index < -0.39 is 0 Å². The predicted octanol–water partition coefficient (Wildman–Crippen LogP) is 4.74. The van der Waals surface area contributed by atoms with Crippen molar-refractivity contribution in [2.45, 2.75) is 13.3 Å². The summed E-state index contributed by atoms with van der Waals surface area (Å²) >= 11 is 0. The number of benzene rings is 3. The fraction of sp³-hybridized carbons (Fsp3) is 0.0833. The maximum Gasteiger partial charge on any atom is 0.272 e. The van der Waals surface area contributed by atoms with Crippen molar-refractivity contribution < 1.29 is 0 Å². The zero-order chi connectivity index (χ0) is 19.1. The van der Waals surface area contributed by atoms with Crippen molar-refractivity contribution in [3.63, 3.8) is 0 Å². The van der Waals surface area contributed by atoms with Crippen molar-refractivity contribution in [3.05, 3.63) is 106 Å². The molecule has 5 aromatic rings. The Kier molecular flexibility index (Phi) is 3.83. The molecule has 0 unspecified atom stereocenters. The lowest BCUT2D eigenvalue weighted by Crippen LogP contribution is -2.15. The van der Waals surface area contributed by atoms with E-state index in [1.165, 1.54) is 5.39 Å². The van der Waals surface area contributed by atoms with Crippen LogP contribution in [0.15, 0.2) is 83.7 Å². The Hall–Kier alpha value is -3.66. The molecule has 0 fully saturated rings. The van der Waals surface area contributed by atoms with Crippen LogP contribution >= 0.6 is 0 Å². The molecule has 0 aliphatic heterocycles. The number of aromatic amines is 1. The summed E-state index contributed by atoms with van der Waals surface area (Å²) in [5.41, 5.74) is 5.48. The van der Waals surface area contributed by atoms with E-state index in [9.17, 15) is 4.79 Å². The quantitative estimate of drug-likeness (QED) is 0.502. The fourth-order valence-electron chi connectivity index (χ4n) is 3.86. The van der Waals surface area contributed by atoms with E-state index in [0.717, 1.165) is 33.5 Å². The zero-order valence-corrected chi connectivity index (χ0v) is 15.5. The van der Waals surface area contributed by atoms with E-state index >= 15 is 0 Å². The van der Waals surface area contributed by atoms with Crippen LogP contribution in [0.1, 0.15) is 17.0 Å². The summed E-state index contributed by atoms with van der Waals surface area (Å²) in [7, 11) is 0. The highest BCUT2D eigenvalue weighted by molar-refractivity contribution is 6.00. The van der Waals surface area contributed by atoms with E-state index in [4.69, 9.17) is 4.98 Å². The molecule has 0 radical (unpaired) electrons. The number of nitrogens with zero attached hydrogens (tertiary/aromatic N) is 2. The van der Waals surface area contributed by atoms with Gasteiger partial charge in [-0.05, 0) is 28.8 Å². The lowest BCUT2D eigenvalue weighted by atomic mass is 9.98. The molecule has 2 aromatic heterocycles. The number of rotatable bonds is 3. The van der Waals surface area contributed by atoms with Crippen LogP contribution in [0.25, 0.3) is 27.5 Å².